The van der Waals surface area contributed by atoms with Crippen molar-refractivity contribution in [3.8, 4) is 5.75 Å². The second-order valence-corrected chi connectivity index (χ2v) is 7.27. The standard InChI is InChI=1S/C22H29NO6/c1-4-10-23-16-11-15-6-5-7-17(24)21(27)18(25)9-8-13(2)14(3)29-22(28)20(15)19(26)12-16/h5-6,8-9,11-14,17,21,23-24,26-27H,4,7,10H2,1-3H3/b6-5+,9-8-/t13-,14?,17?,21+/m1/s1. The normalized spacial score (nSPS) is 28.0. The van der Waals surface area contributed by atoms with E-state index < -0.39 is 30.1 Å². The Morgan fingerprint density at radius 2 is 1.90 bits per heavy atom. The third-order valence-corrected chi connectivity index (χ3v) is 4.86. The monoisotopic (exact) mass is 403 g/mol. The summed E-state index contributed by atoms with van der Waals surface area (Å²) in [4.78, 5) is 24.8. The molecule has 1 heterocycles. The lowest BCUT2D eigenvalue weighted by molar-refractivity contribution is -0.127. The number of esters is 1. The number of aromatic hydroxyl groups is 1. The quantitative estimate of drug-likeness (QED) is 0.573. The number of hydrogen-bond acceptors (Lipinski definition) is 7. The molecule has 0 amide bonds. The van der Waals surface area contributed by atoms with E-state index >= 15 is 0 Å². The zero-order valence-corrected chi connectivity index (χ0v) is 17.0. The summed E-state index contributed by atoms with van der Waals surface area (Å²) in [5.41, 5.74) is 1.07. The maximum atomic E-state index is 12.7. The Labute approximate surface area is 170 Å². The van der Waals surface area contributed by atoms with Gasteiger partial charge in [-0.2, -0.15) is 0 Å². The first-order valence-electron chi connectivity index (χ1n) is 9.81. The largest absolute Gasteiger partial charge is 0.507 e. The molecule has 4 atom stereocenters. The molecule has 0 saturated carbocycles. The van der Waals surface area contributed by atoms with Crippen LogP contribution in [0.5, 0.6) is 5.75 Å². The number of anilines is 1. The van der Waals surface area contributed by atoms with Crippen LogP contribution >= 0.6 is 0 Å². The van der Waals surface area contributed by atoms with E-state index in [9.17, 15) is 24.9 Å². The average Bonchev–Trinajstić information content (AvgIpc) is 2.68. The molecule has 4 N–H and O–H groups in total. The first kappa shape index (κ1) is 22.6. The third kappa shape index (κ3) is 5.92. The molecule has 0 aromatic heterocycles. The van der Waals surface area contributed by atoms with Crippen LogP contribution in [-0.4, -0.2) is 51.9 Å². The number of aliphatic hydroxyl groups is 2. The fraction of sp³-hybridized carbons (Fsp3) is 0.455. The minimum Gasteiger partial charge on any atom is -0.507 e. The molecule has 29 heavy (non-hydrogen) atoms. The van der Waals surface area contributed by atoms with E-state index in [1.807, 2.05) is 6.92 Å². The van der Waals surface area contributed by atoms with Crippen LogP contribution in [0.1, 0.15) is 49.5 Å². The second kappa shape index (κ2) is 10.2. The molecule has 7 heteroatoms. The predicted octanol–water partition coefficient (Wildman–Crippen LogP) is 2.66. The number of aliphatic hydroxyl groups excluding tert-OH is 2. The summed E-state index contributed by atoms with van der Waals surface area (Å²) in [6, 6.07) is 3.17. The molecule has 2 rings (SSSR count). The Bertz CT molecular complexity index is 801. The highest BCUT2D eigenvalue weighted by Gasteiger charge is 2.25. The number of ether oxygens (including phenoxy) is 1. The molecule has 0 bridgehead atoms. The maximum absolute atomic E-state index is 12.7. The third-order valence-electron chi connectivity index (χ3n) is 4.86. The summed E-state index contributed by atoms with van der Waals surface area (Å²) >= 11 is 0. The fourth-order valence-corrected chi connectivity index (χ4v) is 2.86. The lowest BCUT2D eigenvalue weighted by Gasteiger charge is -2.20. The molecule has 1 aromatic rings. The first-order valence-corrected chi connectivity index (χ1v) is 9.81. The molecular weight excluding hydrogens is 374 g/mol. The van der Waals surface area contributed by atoms with Crippen molar-refractivity contribution in [2.75, 3.05) is 11.9 Å². The number of benzene rings is 1. The van der Waals surface area contributed by atoms with Crippen molar-refractivity contribution in [3.05, 3.63) is 41.5 Å². The van der Waals surface area contributed by atoms with E-state index in [2.05, 4.69) is 5.32 Å². The SMILES string of the molecule is CCCNc1cc(O)c2c(c1)/C=C/CC(O)[C@H](O)C(=O)/C=C\[C@@H](C)C(C)OC2=O. The van der Waals surface area contributed by atoms with Gasteiger partial charge in [0, 0.05) is 24.2 Å². The van der Waals surface area contributed by atoms with Crippen LogP contribution in [0.4, 0.5) is 5.69 Å². The van der Waals surface area contributed by atoms with Crippen molar-refractivity contribution >= 4 is 23.5 Å². The zero-order valence-electron chi connectivity index (χ0n) is 17.0. The Hall–Kier alpha value is -2.64. The van der Waals surface area contributed by atoms with Gasteiger partial charge in [-0.25, -0.2) is 4.79 Å². The highest BCUT2D eigenvalue weighted by molar-refractivity contribution is 5.97. The molecule has 0 fully saturated rings. The smallest absolute Gasteiger partial charge is 0.342 e. The number of cyclic esters (lactones) is 1. The highest BCUT2D eigenvalue weighted by Crippen LogP contribution is 2.30. The number of carbonyl (C=O) groups is 2. The van der Waals surface area contributed by atoms with Gasteiger partial charge < -0.3 is 25.4 Å². The molecule has 1 aliphatic rings. The summed E-state index contributed by atoms with van der Waals surface area (Å²) in [5, 5.41) is 33.7. The predicted molar refractivity (Wildman–Crippen MR) is 111 cm³/mol. The van der Waals surface area contributed by atoms with E-state index in [4.69, 9.17) is 4.74 Å². The van der Waals surface area contributed by atoms with Gasteiger partial charge in [0.25, 0.3) is 0 Å². The van der Waals surface area contributed by atoms with Crippen LogP contribution in [0.2, 0.25) is 0 Å². The molecule has 0 saturated heterocycles. The van der Waals surface area contributed by atoms with Gasteiger partial charge in [-0.1, -0.05) is 32.1 Å². The number of nitrogens with one attached hydrogen (secondary N) is 1. The molecule has 7 nitrogen and oxygen atoms in total. The van der Waals surface area contributed by atoms with Crippen LogP contribution in [0.25, 0.3) is 6.08 Å². The Morgan fingerprint density at radius 1 is 1.17 bits per heavy atom. The van der Waals surface area contributed by atoms with Crippen molar-refractivity contribution in [1.29, 1.82) is 0 Å². The molecule has 2 unspecified atom stereocenters. The molecular formula is C22H29NO6. The first-order chi connectivity index (χ1) is 13.7. The van der Waals surface area contributed by atoms with Crippen molar-refractivity contribution in [3.63, 3.8) is 0 Å². The van der Waals surface area contributed by atoms with Gasteiger partial charge in [0.15, 0.2) is 5.78 Å². The van der Waals surface area contributed by atoms with Crippen molar-refractivity contribution in [2.24, 2.45) is 5.92 Å². The number of carbonyl (C=O) groups excluding carboxylic acids is 2. The van der Waals surface area contributed by atoms with Gasteiger partial charge in [-0.3, -0.25) is 4.79 Å². The van der Waals surface area contributed by atoms with Gasteiger partial charge in [0.1, 0.15) is 23.5 Å². The molecule has 1 aliphatic heterocycles. The van der Waals surface area contributed by atoms with Crippen molar-refractivity contribution < 1.29 is 29.6 Å². The van der Waals surface area contributed by atoms with Gasteiger partial charge in [0.2, 0.25) is 0 Å². The minimum atomic E-state index is -1.55. The summed E-state index contributed by atoms with van der Waals surface area (Å²) < 4.78 is 5.49. The van der Waals surface area contributed by atoms with Gasteiger partial charge in [0.05, 0.1) is 6.10 Å². The van der Waals surface area contributed by atoms with Crippen molar-refractivity contribution in [1.82, 2.24) is 0 Å². The second-order valence-electron chi connectivity index (χ2n) is 7.27. The van der Waals surface area contributed by atoms with Crippen LogP contribution in [-0.2, 0) is 9.53 Å². The molecule has 0 spiro atoms. The number of phenolic OH excluding ortho intramolecular Hbond substituents is 1. The summed E-state index contributed by atoms with van der Waals surface area (Å²) in [6.45, 7) is 6.14. The van der Waals surface area contributed by atoms with Gasteiger partial charge in [-0.15, -0.1) is 0 Å². The number of fused-ring (bicyclic) bond motifs is 1. The maximum Gasteiger partial charge on any atom is 0.342 e. The summed E-state index contributed by atoms with van der Waals surface area (Å²) in [7, 11) is 0. The Morgan fingerprint density at radius 3 is 2.59 bits per heavy atom. The van der Waals surface area contributed by atoms with Crippen LogP contribution in [0.15, 0.2) is 30.4 Å². The van der Waals surface area contributed by atoms with Crippen LogP contribution in [0, 0.1) is 5.92 Å². The molecule has 0 radical (unpaired) electrons. The van der Waals surface area contributed by atoms with E-state index in [-0.39, 0.29) is 23.7 Å². The van der Waals surface area contributed by atoms with Gasteiger partial charge >= 0.3 is 5.97 Å². The number of rotatable bonds is 3. The van der Waals surface area contributed by atoms with Crippen LogP contribution in [0.3, 0.4) is 0 Å². The zero-order chi connectivity index (χ0) is 21.6. The summed E-state index contributed by atoms with van der Waals surface area (Å²) in [6.07, 6.45) is 3.28. The number of phenols is 1. The molecule has 0 aliphatic carbocycles. The number of hydrogen-bond donors (Lipinski definition) is 4. The molecule has 1 aromatic carbocycles. The average molecular weight is 403 g/mol. The summed E-state index contributed by atoms with van der Waals surface area (Å²) in [5.74, 6) is -1.82. The lowest BCUT2D eigenvalue weighted by atomic mass is 9.99. The Kier molecular flexibility index (Phi) is 7.99. The molecule has 158 valence electrons. The van der Waals surface area contributed by atoms with E-state index in [1.54, 1.807) is 26.0 Å². The topological polar surface area (TPSA) is 116 Å². The lowest BCUT2D eigenvalue weighted by Crippen LogP contribution is -2.32. The van der Waals surface area contributed by atoms with E-state index in [1.165, 1.54) is 24.3 Å². The van der Waals surface area contributed by atoms with Crippen molar-refractivity contribution in [2.45, 2.75) is 51.9 Å². The fourth-order valence-electron chi connectivity index (χ4n) is 2.86. The number of ketones is 1. The minimum absolute atomic E-state index is 0.00539. The van der Waals surface area contributed by atoms with E-state index in [0.29, 0.717) is 17.8 Å². The van der Waals surface area contributed by atoms with E-state index in [0.717, 1.165) is 6.42 Å². The Balaban J connectivity index is 2.47. The highest BCUT2D eigenvalue weighted by atomic mass is 16.5. The van der Waals surface area contributed by atoms with Gasteiger partial charge in [-0.05, 0) is 37.5 Å². The van der Waals surface area contributed by atoms with Crippen LogP contribution < -0.4 is 5.32 Å².